The molecule has 0 aliphatic heterocycles. The van der Waals surface area contributed by atoms with Gasteiger partial charge >= 0.3 is 0 Å². The molecule has 3 rings (SSSR count). The third-order valence-corrected chi connectivity index (χ3v) is 4.33. The van der Waals surface area contributed by atoms with Gasteiger partial charge in [-0.2, -0.15) is 0 Å². The standard InChI is InChI=1S/C18H21N/c1-19(2)16-12-15-10-6-7-11-17(15)18(13-16)14-8-4-3-5-9-14/h3-11,16,18H,12-13H2,1-2H3/t16-,18+/m0/s1. The first-order chi connectivity index (χ1) is 9.25. The minimum absolute atomic E-state index is 0.540. The molecule has 98 valence electrons. The minimum atomic E-state index is 0.540. The molecule has 0 spiro atoms. The molecule has 1 aliphatic rings. The van der Waals surface area contributed by atoms with Crippen molar-refractivity contribution in [2.75, 3.05) is 14.1 Å². The van der Waals surface area contributed by atoms with Gasteiger partial charge in [0.15, 0.2) is 0 Å². The molecule has 0 radical (unpaired) electrons. The number of benzene rings is 2. The van der Waals surface area contributed by atoms with Crippen LogP contribution < -0.4 is 0 Å². The number of fused-ring (bicyclic) bond motifs is 1. The summed E-state index contributed by atoms with van der Waals surface area (Å²) in [5.74, 6) is 0.540. The van der Waals surface area contributed by atoms with Crippen molar-refractivity contribution in [3.05, 3.63) is 71.3 Å². The average Bonchev–Trinajstić information content (AvgIpc) is 2.47. The van der Waals surface area contributed by atoms with E-state index in [1.807, 2.05) is 0 Å². The predicted molar refractivity (Wildman–Crippen MR) is 80.5 cm³/mol. The van der Waals surface area contributed by atoms with E-state index in [0.29, 0.717) is 12.0 Å². The first-order valence-corrected chi connectivity index (χ1v) is 7.05. The molecule has 19 heavy (non-hydrogen) atoms. The van der Waals surface area contributed by atoms with Crippen LogP contribution in [0, 0.1) is 0 Å². The van der Waals surface area contributed by atoms with E-state index in [1.165, 1.54) is 29.5 Å². The van der Waals surface area contributed by atoms with Gasteiger partial charge in [-0.1, -0.05) is 54.6 Å². The summed E-state index contributed by atoms with van der Waals surface area (Å²) in [6.45, 7) is 0. The molecule has 2 aromatic rings. The monoisotopic (exact) mass is 251 g/mol. The van der Waals surface area contributed by atoms with Crippen molar-refractivity contribution in [1.82, 2.24) is 4.90 Å². The van der Waals surface area contributed by atoms with Gasteiger partial charge in [-0.15, -0.1) is 0 Å². The molecule has 2 aromatic carbocycles. The summed E-state index contributed by atoms with van der Waals surface area (Å²) in [7, 11) is 4.39. The topological polar surface area (TPSA) is 3.24 Å². The lowest BCUT2D eigenvalue weighted by Gasteiger charge is -2.35. The van der Waals surface area contributed by atoms with Crippen LogP contribution in [-0.4, -0.2) is 25.0 Å². The molecular formula is C18H21N. The second kappa shape index (κ2) is 5.18. The smallest absolute Gasteiger partial charge is 0.0139 e. The van der Waals surface area contributed by atoms with Crippen molar-refractivity contribution >= 4 is 0 Å². The Morgan fingerprint density at radius 3 is 2.32 bits per heavy atom. The lowest BCUT2D eigenvalue weighted by molar-refractivity contribution is 0.258. The fourth-order valence-electron chi connectivity index (χ4n) is 3.19. The van der Waals surface area contributed by atoms with Gasteiger partial charge < -0.3 is 4.90 Å². The molecule has 1 aliphatic carbocycles. The Balaban J connectivity index is 2.03. The summed E-state index contributed by atoms with van der Waals surface area (Å²) in [4.78, 5) is 2.37. The number of hydrogen-bond acceptors (Lipinski definition) is 1. The van der Waals surface area contributed by atoms with Crippen LogP contribution >= 0.6 is 0 Å². The average molecular weight is 251 g/mol. The molecule has 0 saturated heterocycles. The maximum atomic E-state index is 2.37. The Labute approximate surface area is 115 Å². The van der Waals surface area contributed by atoms with E-state index in [1.54, 1.807) is 0 Å². The highest BCUT2D eigenvalue weighted by atomic mass is 15.1. The van der Waals surface area contributed by atoms with Crippen LogP contribution in [0.15, 0.2) is 54.6 Å². The summed E-state index contributed by atoms with van der Waals surface area (Å²) < 4.78 is 0. The van der Waals surface area contributed by atoms with E-state index in [4.69, 9.17) is 0 Å². The SMILES string of the molecule is CN(C)[C@H]1Cc2ccccc2[C@@H](c2ccccc2)C1. The van der Waals surface area contributed by atoms with Crippen LogP contribution in [0.2, 0.25) is 0 Å². The van der Waals surface area contributed by atoms with Crippen LogP contribution in [0.5, 0.6) is 0 Å². The van der Waals surface area contributed by atoms with Crippen molar-refractivity contribution in [2.45, 2.75) is 24.8 Å². The van der Waals surface area contributed by atoms with Gasteiger partial charge in [0.05, 0.1) is 0 Å². The lowest BCUT2D eigenvalue weighted by atomic mass is 9.76. The first-order valence-electron chi connectivity index (χ1n) is 7.05. The molecule has 0 amide bonds. The van der Waals surface area contributed by atoms with Crippen LogP contribution in [0.3, 0.4) is 0 Å². The summed E-state index contributed by atoms with van der Waals surface area (Å²) in [6.07, 6.45) is 2.39. The second-order valence-corrected chi connectivity index (χ2v) is 5.72. The number of likely N-dealkylation sites (N-methyl/N-ethyl adjacent to an activating group) is 1. The summed E-state index contributed by atoms with van der Waals surface area (Å²) in [6, 6.07) is 20.5. The fraction of sp³-hybridized carbons (Fsp3) is 0.333. The first kappa shape index (κ1) is 12.4. The molecule has 1 heteroatoms. The van der Waals surface area contributed by atoms with Crippen LogP contribution in [0.4, 0.5) is 0 Å². The van der Waals surface area contributed by atoms with Gasteiger partial charge in [0.1, 0.15) is 0 Å². The molecule has 0 unspecified atom stereocenters. The zero-order valence-electron chi connectivity index (χ0n) is 11.7. The Morgan fingerprint density at radius 1 is 0.895 bits per heavy atom. The Hall–Kier alpha value is -1.60. The lowest BCUT2D eigenvalue weighted by Crippen LogP contribution is -2.35. The van der Waals surface area contributed by atoms with Crippen molar-refractivity contribution < 1.29 is 0 Å². The largest absolute Gasteiger partial charge is 0.306 e. The molecule has 2 atom stereocenters. The number of hydrogen-bond donors (Lipinski definition) is 0. The van der Waals surface area contributed by atoms with Crippen LogP contribution in [-0.2, 0) is 6.42 Å². The highest BCUT2D eigenvalue weighted by molar-refractivity contribution is 5.40. The molecule has 0 N–H and O–H groups in total. The summed E-state index contributed by atoms with van der Waals surface area (Å²) in [5, 5.41) is 0. The van der Waals surface area contributed by atoms with E-state index in [0.717, 1.165) is 0 Å². The second-order valence-electron chi connectivity index (χ2n) is 5.72. The minimum Gasteiger partial charge on any atom is -0.306 e. The van der Waals surface area contributed by atoms with Crippen LogP contribution in [0.1, 0.15) is 29.0 Å². The van der Waals surface area contributed by atoms with E-state index >= 15 is 0 Å². The van der Waals surface area contributed by atoms with Crippen molar-refractivity contribution in [2.24, 2.45) is 0 Å². The van der Waals surface area contributed by atoms with Crippen LogP contribution in [0.25, 0.3) is 0 Å². The third-order valence-electron chi connectivity index (χ3n) is 4.33. The highest BCUT2D eigenvalue weighted by Gasteiger charge is 2.28. The Kier molecular flexibility index (Phi) is 3.39. The molecule has 0 bridgehead atoms. The predicted octanol–water partition coefficient (Wildman–Crippen LogP) is 3.69. The fourth-order valence-corrected chi connectivity index (χ4v) is 3.19. The van der Waals surface area contributed by atoms with E-state index in [2.05, 4.69) is 73.6 Å². The van der Waals surface area contributed by atoms with Gasteiger partial charge in [-0.05, 0) is 43.6 Å². The quantitative estimate of drug-likeness (QED) is 0.786. The zero-order chi connectivity index (χ0) is 13.2. The van der Waals surface area contributed by atoms with Crippen molar-refractivity contribution in [3.63, 3.8) is 0 Å². The number of nitrogens with zero attached hydrogens (tertiary/aromatic N) is 1. The molecule has 0 saturated carbocycles. The summed E-state index contributed by atoms with van der Waals surface area (Å²) in [5.41, 5.74) is 4.48. The van der Waals surface area contributed by atoms with E-state index < -0.39 is 0 Å². The third kappa shape index (κ3) is 2.43. The Morgan fingerprint density at radius 2 is 1.58 bits per heavy atom. The molecule has 0 fully saturated rings. The highest BCUT2D eigenvalue weighted by Crippen LogP contribution is 2.37. The van der Waals surface area contributed by atoms with Crippen molar-refractivity contribution in [3.8, 4) is 0 Å². The molecule has 0 aromatic heterocycles. The van der Waals surface area contributed by atoms with Crippen molar-refractivity contribution in [1.29, 1.82) is 0 Å². The molecule has 0 heterocycles. The Bertz CT molecular complexity index is 545. The number of rotatable bonds is 2. The van der Waals surface area contributed by atoms with Gasteiger partial charge in [0.2, 0.25) is 0 Å². The van der Waals surface area contributed by atoms with Gasteiger partial charge in [0.25, 0.3) is 0 Å². The maximum absolute atomic E-state index is 2.37. The van der Waals surface area contributed by atoms with E-state index in [-0.39, 0.29) is 0 Å². The maximum Gasteiger partial charge on any atom is 0.0139 e. The van der Waals surface area contributed by atoms with E-state index in [9.17, 15) is 0 Å². The molecular weight excluding hydrogens is 230 g/mol. The van der Waals surface area contributed by atoms with Gasteiger partial charge in [-0.3, -0.25) is 0 Å². The van der Waals surface area contributed by atoms with Gasteiger partial charge in [0, 0.05) is 12.0 Å². The van der Waals surface area contributed by atoms with Gasteiger partial charge in [-0.25, -0.2) is 0 Å². The normalized spacial score (nSPS) is 22.3. The molecule has 1 nitrogen and oxygen atoms in total. The summed E-state index contributed by atoms with van der Waals surface area (Å²) >= 11 is 0. The zero-order valence-corrected chi connectivity index (χ0v) is 11.7.